The van der Waals surface area contributed by atoms with E-state index in [1.165, 1.54) is 12.1 Å². The van der Waals surface area contributed by atoms with Crippen LogP contribution in [0.3, 0.4) is 0 Å². The zero-order valence-corrected chi connectivity index (χ0v) is 16.1. The number of benzene rings is 1. The molecule has 3 rings (SSSR count). The van der Waals surface area contributed by atoms with E-state index in [-0.39, 0.29) is 23.8 Å². The van der Waals surface area contributed by atoms with Crippen molar-refractivity contribution in [1.29, 1.82) is 0 Å². The molecule has 0 radical (unpaired) electrons. The lowest BCUT2D eigenvalue weighted by molar-refractivity contribution is 0.0936. The van der Waals surface area contributed by atoms with Crippen LogP contribution < -0.4 is 10.6 Å². The highest BCUT2D eigenvalue weighted by molar-refractivity contribution is 5.93. The maximum atomic E-state index is 13.2. The molecule has 146 valence electrons. The van der Waals surface area contributed by atoms with E-state index < -0.39 is 0 Å². The number of piperidine rings is 1. The second kappa shape index (κ2) is 8.58. The Morgan fingerprint density at radius 3 is 2.63 bits per heavy atom. The van der Waals surface area contributed by atoms with E-state index in [0.29, 0.717) is 12.2 Å². The minimum Gasteiger partial charge on any atom is -0.349 e. The van der Waals surface area contributed by atoms with Gasteiger partial charge in [-0.05, 0) is 64.6 Å². The normalized spacial score (nSPS) is 16.5. The number of amides is 1. The van der Waals surface area contributed by atoms with Crippen molar-refractivity contribution in [2.24, 2.45) is 0 Å². The molecule has 1 aliphatic rings. The average molecular weight is 374 g/mol. The molecule has 2 heterocycles. The van der Waals surface area contributed by atoms with Gasteiger partial charge in [0, 0.05) is 6.54 Å². The number of halogens is 1. The Morgan fingerprint density at radius 2 is 2.00 bits per heavy atom. The van der Waals surface area contributed by atoms with E-state index in [1.54, 1.807) is 12.1 Å². The van der Waals surface area contributed by atoms with Crippen LogP contribution >= 0.6 is 0 Å². The van der Waals surface area contributed by atoms with Crippen LogP contribution in [0.25, 0.3) is 0 Å². The Hall–Kier alpha value is -2.32. The fourth-order valence-electron chi connectivity index (χ4n) is 3.51. The molecule has 2 N–H and O–H groups in total. The van der Waals surface area contributed by atoms with Crippen molar-refractivity contribution in [3.63, 3.8) is 0 Å². The minimum absolute atomic E-state index is 0.0608. The minimum atomic E-state index is -0.273. The first-order valence-corrected chi connectivity index (χ1v) is 9.30. The summed E-state index contributed by atoms with van der Waals surface area (Å²) in [6.07, 6.45) is 1.97. The molecule has 1 fully saturated rings. The Balaban J connectivity index is 1.67. The van der Waals surface area contributed by atoms with Crippen LogP contribution in [-0.4, -0.2) is 59.5 Å². The van der Waals surface area contributed by atoms with Crippen LogP contribution in [0.4, 0.5) is 4.39 Å². The summed E-state index contributed by atoms with van der Waals surface area (Å²) in [5.41, 5.74) is 2.10. The molecule has 1 amide bonds. The summed E-state index contributed by atoms with van der Waals surface area (Å²) in [5, 5.41) is 14.6. The number of hydrogen-bond acceptors (Lipinski definition) is 5. The molecule has 0 aliphatic carbocycles. The monoisotopic (exact) mass is 374 g/mol. The summed E-state index contributed by atoms with van der Waals surface area (Å²) in [4.78, 5) is 14.6. The molecule has 1 aliphatic heterocycles. The fourth-order valence-corrected chi connectivity index (χ4v) is 3.51. The van der Waals surface area contributed by atoms with E-state index >= 15 is 0 Å². The molecular formula is C19H27FN6O. The van der Waals surface area contributed by atoms with Crippen LogP contribution in [0.5, 0.6) is 0 Å². The van der Waals surface area contributed by atoms with Gasteiger partial charge >= 0.3 is 0 Å². The summed E-state index contributed by atoms with van der Waals surface area (Å²) in [5.74, 6) is -0.507. The van der Waals surface area contributed by atoms with Gasteiger partial charge in [0.2, 0.25) is 0 Å². The topological polar surface area (TPSA) is 75.1 Å². The molecular weight excluding hydrogens is 347 g/mol. The quantitative estimate of drug-likeness (QED) is 0.805. The highest BCUT2D eigenvalue weighted by Crippen LogP contribution is 2.21. The van der Waals surface area contributed by atoms with E-state index in [0.717, 1.165) is 37.2 Å². The van der Waals surface area contributed by atoms with Crippen LogP contribution in [0, 0.1) is 12.7 Å². The molecule has 1 saturated heterocycles. The summed E-state index contributed by atoms with van der Waals surface area (Å²) in [7, 11) is 3.86. The van der Waals surface area contributed by atoms with E-state index in [4.69, 9.17) is 0 Å². The second-order valence-corrected chi connectivity index (χ2v) is 7.19. The standard InChI is InChI=1S/C19H27FN6O/c1-13-18(23-24-26(13)16-8-10-21-11-9-16)19(27)22-12-17(25(2)3)14-4-6-15(20)7-5-14/h4-7,16-17,21H,8-12H2,1-3H3,(H,22,27). The van der Waals surface area contributed by atoms with E-state index in [2.05, 4.69) is 20.9 Å². The van der Waals surface area contributed by atoms with Crippen molar-refractivity contribution in [3.8, 4) is 0 Å². The van der Waals surface area contributed by atoms with E-state index in [9.17, 15) is 9.18 Å². The molecule has 1 aromatic heterocycles. The SMILES string of the molecule is Cc1c(C(=O)NCC(c2ccc(F)cc2)N(C)C)nnn1C1CCNCC1. The van der Waals surface area contributed by atoms with E-state index in [1.807, 2.05) is 30.6 Å². The Kier molecular flexibility index (Phi) is 6.18. The number of carbonyl (C=O) groups is 1. The summed E-state index contributed by atoms with van der Waals surface area (Å²) >= 11 is 0. The molecule has 1 aromatic carbocycles. The first-order chi connectivity index (χ1) is 13.0. The van der Waals surface area contributed by atoms with Gasteiger partial charge < -0.3 is 15.5 Å². The molecule has 8 heteroatoms. The Bertz CT molecular complexity index is 767. The van der Waals surface area contributed by atoms with Crippen LogP contribution in [0.1, 0.15) is 46.7 Å². The van der Waals surface area contributed by atoms with Crippen molar-refractivity contribution < 1.29 is 9.18 Å². The first kappa shape index (κ1) is 19.4. The molecule has 27 heavy (non-hydrogen) atoms. The number of nitrogens with one attached hydrogen (secondary N) is 2. The predicted octanol–water partition coefficient (Wildman–Crippen LogP) is 1.68. The van der Waals surface area contributed by atoms with Gasteiger partial charge in [-0.25, -0.2) is 9.07 Å². The largest absolute Gasteiger partial charge is 0.349 e. The molecule has 0 spiro atoms. The van der Waals surface area contributed by atoms with Gasteiger partial charge in [-0.3, -0.25) is 4.79 Å². The lowest BCUT2D eigenvalue weighted by atomic mass is 10.1. The van der Waals surface area contributed by atoms with Crippen LogP contribution in [-0.2, 0) is 0 Å². The summed E-state index contributed by atoms with van der Waals surface area (Å²) in [6.45, 7) is 4.19. The third-order valence-corrected chi connectivity index (χ3v) is 5.13. The summed E-state index contributed by atoms with van der Waals surface area (Å²) < 4.78 is 15.1. The Labute approximate surface area is 158 Å². The third kappa shape index (κ3) is 4.51. The van der Waals surface area contributed by atoms with Crippen molar-refractivity contribution in [1.82, 2.24) is 30.5 Å². The van der Waals surface area contributed by atoms with Gasteiger partial charge in [0.05, 0.1) is 17.8 Å². The predicted molar refractivity (Wildman–Crippen MR) is 101 cm³/mol. The molecule has 2 aromatic rings. The maximum Gasteiger partial charge on any atom is 0.273 e. The first-order valence-electron chi connectivity index (χ1n) is 9.30. The van der Waals surface area contributed by atoms with Gasteiger partial charge in [-0.1, -0.05) is 17.3 Å². The molecule has 7 nitrogen and oxygen atoms in total. The number of aromatic nitrogens is 3. The lowest BCUT2D eigenvalue weighted by Gasteiger charge is -2.25. The van der Waals surface area contributed by atoms with Crippen LogP contribution in [0.2, 0.25) is 0 Å². The lowest BCUT2D eigenvalue weighted by Crippen LogP contribution is -2.35. The highest BCUT2D eigenvalue weighted by Gasteiger charge is 2.24. The molecule has 0 saturated carbocycles. The van der Waals surface area contributed by atoms with Gasteiger partial charge in [0.25, 0.3) is 5.91 Å². The fraction of sp³-hybridized carbons (Fsp3) is 0.526. The highest BCUT2D eigenvalue weighted by atomic mass is 19.1. The smallest absolute Gasteiger partial charge is 0.273 e. The number of likely N-dealkylation sites (N-methyl/N-ethyl adjacent to an activating group) is 1. The van der Waals surface area contributed by atoms with Crippen LogP contribution in [0.15, 0.2) is 24.3 Å². The zero-order valence-electron chi connectivity index (χ0n) is 16.1. The number of hydrogen-bond donors (Lipinski definition) is 2. The zero-order chi connectivity index (χ0) is 19.4. The molecule has 0 bridgehead atoms. The number of carbonyl (C=O) groups excluding carboxylic acids is 1. The average Bonchev–Trinajstić information content (AvgIpc) is 3.05. The van der Waals surface area contributed by atoms with Crippen molar-refractivity contribution >= 4 is 5.91 Å². The van der Waals surface area contributed by atoms with Gasteiger partial charge in [0.1, 0.15) is 5.82 Å². The molecule has 1 atom stereocenters. The van der Waals surface area contributed by atoms with Crippen molar-refractivity contribution in [3.05, 3.63) is 47.0 Å². The van der Waals surface area contributed by atoms with Gasteiger partial charge in [0.15, 0.2) is 5.69 Å². The summed E-state index contributed by atoms with van der Waals surface area (Å²) in [6, 6.07) is 6.57. The maximum absolute atomic E-state index is 13.2. The third-order valence-electron chi connectivity index (χ3n) is 5.13. The van der Waals surface area contributed by atoms with Gasteiger partial charge in [-0.2, -0.15) is 0 Å². The number of nitrogens with zero attached hydrogens (tertiary/aromatic N) is 4. The van der Waals surface area contributed by atoms with Crippen molar-refractivity contribution in [2.45, 2.75) is 31.8 Å². The number of rotatable bonds is 6. The second-order valence-electron chi connectivity index (χ2n) is 7.19. The van der Waals surface area contributed by atoms with Gasteiger partial charge in [-0.15, -0.1) is 5.10 Å². The molecule has 1 unspecified atom stereocenters. The Morgan fingerprint density at radius 1 is 1.33 bits per heavy atom. The van der Waals surface area contributed by atoms with Crippen molar-refractivity contribution in [2.75, 3.05) is 33.7 Å².